The molecule has 1 atom stereocenters. The molecule has 2 aromatic heterocycles. The van der Waals surface area contributed by atoms with E-state index in [2.05, 4.69) is 30.7 Å². The van der Waals surface area contributed by atoms with E-state index in [0.717, 1.165) is 10.9 Å². The second-order valence-corrected chi connectivity index (χ2v) is 4.24. The van der Waals surface area contributed by atoms with Crippen LogP contribution in [0.4, 0.5) is 0 Å². The van der Waals surface area contributed by atoms with Crippen LogP contribution in [0.25, 0.3) is 10.9 Å². The number of fused-ring (bicyclic) bond motifs is 1. The highest BCUT2D eigenvalue weighted by molar-refractivity contribution is 5.97. The van der Waals surface area contributed by atoms with Gasteiger partial charge in [0.15, 0.2) is 0 Å². The molecule has 0 saturated heterocycles. The van der Waals surface area contributed by atoms with Gasteiger partial charge in [-0.05, 0) is 19.1 Å². The van der Waals surface area contributed by atoms with Gasteiger partial charge in [0.1, 0.15) is 12.2 Å². The molecule has 0 fully saturated rings. The number of hydrogen-bond donors (Lipinski definition) is 3. The molecule has 7 nitrogen and oxygen atoms in total. The number of carbonyl (C=O) groups is 1. The van der Waals surface area contributed by atoms with Gasteiger partial charge in [-0.25, -0.2) is 4.98 Å². The summed E-state index contributed by atoms with van der Waals surface area (Å²) in [7, 11) is 0. The summed E-state index contributed by atoms with van der Waals surface area (Å²) in [5.41, 5.74) is 1.41. The van der Waals surface area contributed by atoms with Crippen LogP contribution in [0.5, 0.6) is 0 Å². The summed E-state index contributed by atoms with van der Waals surface area (Å²) in [6, 6.07) is 5.16. The van der Waals surface area contributed by atoms with Gasteiger partial charge in [-0.3, -0.25) is 15.0 Å². The second kappa shape index (κ2) is 4.52. The molecule has 0 saturated carbocycles. The fourth-order valence-electron chi connectivity index (χ4n) is 1.85. The maximum atomic E-state index is 12.1. The van der Waals surface area contributed by atoms with Gasteiger partial charge in [-0.2, -0.15) is 10.2 Å². The number of nitrogens with zero attached hydrogens (tertiary/aromatic N) is 3. The van der Waals surface area contributed by atoms with Crippen LogP contribution >= 0.6 is 0 Å². The van der Waals surface area contributed by atoms with E-state index in [9.17, 15) is 4.79 Å². The van der Waals surface area contributed by atoms with Gasteiger partial charge in [-0.1, -0.05) is 6.07 Å². The molecule has 3 aromatic rings. The summed E-state index contributed by atoms with van der Waals surface area (Å²) in [6.07, 6.45) is 3.13. The lowest BCUT2D eigenvalue weighted by molar-refractivity contribution is 0.0938. The molecular weight excluding hydrogens is 244 g/mol. The standard InChI is InChI=1S/C12H12N6O/c1-7(11-13-6-15-18-11)16-12(19)8-2-3-9-5-14-17-10(9)4-8/h2-7H,1H3,(H,14,17)(H,16,19)(H,13,15,18). The normalized spacial score (nSPS) is 12.5. The molecule has 7 heteroatoms. The van der Waals surface area contributed by atoms with E-state index in [1.54, 1.807) is 18.3 Å². The summed E-state index contributed by atoms with van der Waals surface area (Å²) >= 11 is 0. The van der Waals surface area contributed by atoms with Crippen molar-refractivity contribution in [2.45, 2.75) is 13.0 Å². The highest BCUT2D eigenvalue weighted by Crippen LogP contribution is 2.14. The molecule has 0 spiro atoms. The number of benzene rings is 1. The van der Waals surface area contributed by atoms with Crippen molar-refractivity contribution >= 4 is 16.8 Å². The smallest absolute Gasteiger partial charge is 0.251 e. The third kappa shape index (κ3) is 2.17. The molecule has 0 aliphatic rings. The summed E-state index contributed by atoms with van der Waals surface area (Å²) in [5, 5.41) is 17.1. The minimum atomic E-state index is -0.229. The number of aromatic nitrogens is 5. The lowest BCUT2D eigenvalue weighted by Crippen LogP contribution is -2.27. The molecule has 0 aliphatic heterocycles. The Morgan fingerprint density at radius 1 is 1.32 bits per heavy atom. The zero-order valence-corrected chi connectivity index (χ0v) is 10.2. The maximum Gasteiger partial charge on any atom is 0.251 e. The topological polar surface area (TPSA) is 99.3 Å². The molecule has 1 unspecified atom stereocenters. The Kier molecular flexibility index (Phi) is 2.71. The third-order valence-corrected chi connectivity index (χ3v) is 2.90. The minimum Gasteiger partial charge on any atom is -0.342 e. The van der Waals surface area contributed by atoms with Crippen molar-refractivity contribution in [1.29, 1.82) is 0 Å². The molecule has 0 radical (unpaired) electrons. The van der Waals surface area contributed by atoms with Crippen molar-refractivity contribution in [1.82, 2.24) is 30.7 Å². The Hall–Kier alpha value is -2.70. The largest absolute Gasteiger partial charge is 0.342 e. The van der Waals surface area contributed by atoms with Crippen LogP contribution in [0, 0.1) is 0 Å². The number of amides is 1. The highest BCUT2D eigenvalue weighted by atomic mass is 16.1. The van der Waals surface area contributed by atoms with Crippen molar-refractivity contribution in [2.24, 2.45) is 0 Å². The number of rotatable bonds is 3. The minimum absolute atomic E-state index is 0.166. The maximum absolute atomic E-state index is 12.1. The van der Waals surface area contributed by atoms with Gasteiger partial charge in [0.2, 0.25) is 0 Å². The number of aromatic amines is 2. The number of hydrogen-bond acceptors (Lipinski definition) is 4. The predicted molar refractivity (Wildman–Crippen MR) is 68.4 cm³/mol. The van der Waals surface area contributed by atoms with Crippen LogP contribution in [0.15, 0.2) is 30.7 Å². The van der Waals surface area contributed by atoms with Gasteiger partial charge in [0.05, 0.1) is 17.8 Å². The Morgan fingerprint density at radius 2 is 2.21 bits per heavy atom. The van der Waals surface area contributed by atoms with E-state index in [1.807, 2.05) is 13.0 Å². The Morgan fingerprint density at radius 3 is 3.00 bits per heavy atom. The molecule has 19 heavy (non-hydrogen) atoms. The van der Waals surface area contributed by atoms with Crippen LogP contribution in [-0.2, 0) is 0 Å². The summed E-state index contributed by atoms with van der Waals surface area (Å²) in [5.74, 6) is 0.455. The Bertz CT molecular complexity index is 702. The van der Waals surface area contributed by atoms with Crippen LogP contribution in [0.1, 0.15) is 29.1 Å². The molecule has 0 bridgehead atoms. The molecular formula is C12H12N6O. The van der Waals surface area contributed by atoms with Gasteiger partial charge in [0, 0.05) is 10.9 Å². The third-order valence-electron chi connectivity index (χ3n) is 2.90. The van der Waals surface area contributed by atoms with Crippen molar-refractivity contribution in [3.63, 3.8) is 0 Å². The first-order valence-electron chi connectivity index (χ1n) is 5.83. The predicted octanol–water partition coefficient (Wildman–Crippen LogP) is 1.17. The van der Waals surface area contributed by atoms with Crippen molar-refractivity contribution in [2.75, 3.05) is 0 Å². The molecule has 2 heterocycles. The van der Waals surface area contributed by atoms with E-state index in [4.69, 9.17) is 0 Å². The van der Waals surface area contributed by atoms with E-state index in [0.29, 0.717) is 11.4 Å². The SMILES string of the molecule is CC(NC(=O)c1ccc2cn[nH]c2c1)c1ncn[nH]1. The molecule has 3 N–H and O–H groups in total. The summed E-state index contributed by atoms with van der Waals surface area (Å²) in [6.45, 7) is 1.84. The average molecular weight is 256 g/mol. The highest BCUT2D eigenvalue weighted by Gasteiger charge is 2.13. The first kappa shape index (κ1) is 11.4. The van der Waals surface area contributed by atoms with Gasteiger partial charge in [0.25, 0.3) is 5.91 Å². The quantitative estimate of drug-likeness (QED) is 0.655. The van der Waals surface area contributed by atoms with Crippen molar-refractivity contribution in [3.8, 4) is 0 Å². The monoisotopic (exact) mass is 256 g/mol. The van der Waals surface area contributed by atoms with Crippen LogP contribution in [-0.4, -0.2) is 31.3 Å². The van der Waals surface area contributed by atoms with Gasteiger partial charge < -0.3 is 5.32 Å². The first-order valence-corrected chi connectivity index (χ1v) is 5.83. The van der Waals surface area contributed by atoms with Crippen LogP contribution in [0.2, 0.25) is 0 Å². The molecule has 1 aromatic carbocycles. The number of carbonyl (C=O) groups excluding carboxylic acids is 1. The van der Waals surface area contributed by atoms with Crippen molar-refractivity contribution < 1.29 is 4.79 Å². The van der Waals surface area contributed by atoms with E-state index in [-0.39, 0.29) is 11.9 Å². The fraction of sp³-hybridized carbons (Fsp3) is 0.167. The fourth-order valence-corrected chi connectivity index (χ4v) is 1.85. The number of nitrogens with one attached hydrogen (secondary N) is 3. The van der Waals surface area contributed by atoms with Crippen LogP contribution < -0.4 is 5.32 Å². The van der Waals surface area contributed by atoms with Gasteiger partial charge in [-0.15, -0.1) is 0 Å². The van der Waals surface area contributed by atoms with E-state index >= 15 is 0 Å². The van der Waals surface area contributed by atoms with Crippen LogP contribution in [0.3, 0.4) is 0 Å². The zero-order chi connectivity index (χ0) is 13.2. The molecule has 0 aliphatic carbocycles. The van der Waals surface area contributed by atoms with Crippen molar-refractivity contribution in [3.05, 3.63) is 42.1 Å². The first-order chi connectivity index (χ1) is 9.24. The number of H-pyrrole nitrogens is 2. The Labute approximate surface area is 108 Å². The summed E-state index contributed by atoms with van der Waals surface area (Å²) < 4.78 is 0. The lowest BCUT2D eigenvalue weighted by Gasteiger charge is -2.10. The van der Waals surface area contributed by atoms with E-state index < -0.39 is 0 Å². The average Bonchev–Trinajstić information content (AvgIpc) is 3.09. The van der Waals surface area contributed by atoms with E-state index in [1.165, 1.54) is 6.33 Å². The van der Waals surface area contributed by atoms with Gasteiger partial charge >= 0.3 is 0 Å². The molecule has 1 amide bonds. The second-order valence-electron chi connectivity index (χ2n) is 4.24. The Balaban J connectivity index is 1.79. The molecule has 96 valence electrons. The zero-order valence-electron chi connectivity index (χ0n) is 10.2. The molecule has 3 rings (SSSR count). The summed E-state index contributed by atoms with van der Waals surface area (Å²) in [4.78, 5) is 16.1. The lowest BCUT2D eigenvalue weighted by atomic mass is 10.1.